The lowest BCUT2D eigenvalue weighted by Gasteiger charge is -2.31. The minimum Gasteiger partial charge on any atom is -0.374 e. The molecule has 0 spiro atoms. The minimum absolute atomic E-state index is 0.0595. The van der Waals surface area contributed by atoms with E-state index in [1.807, 2.05) is 6.92 Å². The molecule has 5 nitrogen and oxygen atoms in total. The van der Waals surface area contributed by atoms with Gasteiger partial charge in [0.25, 0.3) is 10.1 Å². The number of nitrogens with two attached hydrogens (primary N) is 1. The molecule has 0 aliphatic carbocycles. The highest BCUT2D eigenvalue weighted by Crippen LogP contribution is 2.19. The van der Waals surface area contributed by atoms with Crippen molar-refractivity contribution < 1.29 is 21.7 Å². The Hall–Kier alpha value is -1.02. The zero-order valence-corrected chi connectivity index (χ0v) is 12.0. The third-order valence-electron chi connectivity index (χ3n) is 3.27. The van der Waals surface area contributed by atoms with Gasteiger partial charge < -0.3 is 10.5 Å². The summed E-state index contributed by atoms with van der Waals surface area (Å²) in [5, 5.41) is 0. The molecule has 1 heterocycles. The molecule has 0 aromatic heterocycles. The van der Waals surface area contributed by atoms with E-state index in [2.05, 4.69) is 0 Å². The van der Waals surface area contributed by atoms with Crippen LogP contribution in [0.5, 0.6) is 0 Å². The normalized spacial score (nSPS) is 27.4. The minimum atomic E-state index is -3.88. The van der Waals surface area contributed by atoms with Crippen molar-refractivity contribution >= 4 is 10.1 Å². The van der Waals surface area contributed by atoms with Crippen LogP contribution in [0.25, 0.3) is 0 Å². The van der Waals surface area contributed by atoms with Crippen LogP contribution in [0.3, 0.4) is 0 Å². The topological polar surface area (TPSA) is 78.6 Å². The molecule has 1 aliphatic rings. The molecule has 112 valence electrons. The predicted molar refractivity (Wildman–Crippen MR) is 71.5 cm³/mol. The number of aryl methyl sites for hydroxylation is 1. The summed E-state index contributed by atoms with van der Waals surface area (Å²) >= 11 is 0. The van der Waals surface area contributed by atoms with E-state index in [0.29, 0.717) is 0 Å². The van der Waals surface area contributed by atoms with Gasteiger partial charge in [0.2, 0.25) is 0 Å². The zero-order chi connectivity index (χ0) is 14.8. The highest BCUT2D eigenvalue weighted by Gasteiger charge is 2.33. The monoisotopic (exact) mass is 303 g/mol. The molecule has 1 aliphatic heterocycles. The Morgan fingerprint density at radius 3 is 2.70 bits per heavy atom. The van der Waals surface area contributed by atoms with Crippen molar-refractivity contribution in [3.63, 3.8) is 0 Å². The molecule has 7 heteroatoms. The molecule has 0 bridgehead atoms. The first-order valence-corrected chi connectivity index (χ1v) is 7.78. The number of hydrogen-bond donors (Lipinski definition) is 1. The lowest BCUT2D eigenvalue weighted by Crippen LogP contribution is -2.50. The first-order valence-electron chi connectivity index (χ1n) is 6.37. The second kappa shape index (κ2) is 6.17. The molecule has 0 amide bonds. The average Bonchev–Trinajstić information content (AvgIpc) is 2.41. The van der Waals surface area contributed by atoms with Crippen LogP contribution in [0, 0.1) is 6.92 Å². The van der Waals surface area contributed by atoms with Crippen LogP contribution in [0.4, 0.5) is 4.39 Å². The van der Waals surface area contributed by atoms with Crippen molar-refractivity contribution in [2.24, 2.45) is 5.73 Å². The van der Waals surface area contributed by atoms with Crippen molar-refractivity contribution in [2.45, 2.75) is 36.6 Å². The van der Waals surface area contributed by atoms with E-state index in [-0.39, 0.29) is 24.5 Å². The van der Waals surface area contributed by atoms with E-state index in [1.165, 1.54) is 12.1 Å². The van der Waals surface area contributed by atoms with E-state index in [0.717, 1.165) is 5.56 Å². The van der Waals surface area contributed by atoms with Crippen LogP contribution in [0.15, 0.2) is 29.2 Å². The van der Waals surface area contributed by atoms with E-state index in [9.17, 15) is 12.8 Å². The Balaban J connectivity index is 2.00. The van der Waals surface area contributed by atoms with Gasteiger partial charge in [-0.05, 0) is 19.1 Å². The van der Waals surface area contributed by atoms with Crippen molar-refractivity contribution in [1.29, 1.82) is 0 Å². The van der Waals surface area contributed by atoms with Gasteiger partial charge in [0.15, 0.2) is 0 Å². The maximum Gasteiger partial charge on any atom is 0.297 e. The van der Waals surface area contributed by atoms with Gasteiger partial charge in [0, 0.05) is 13.0 Å². The molecule has 20 heavy (non-hydrogen) atoms. The van der Waals surface area contributed by atoms with E-state index in [4.69, 9.17) is 14.7 Å². The van der Waals surface area contributed by atoms with Crippen molar-refractivity contribution in [1.82, 2.24) is 0 Å². The van der Waals surface area contributed by atoms with Gasteiger partial charge in [-0.15, -0.1) is 0 Å². The average molecular weight is 303 g/mol. The zero-order valence-electron chi connectivity index (χ0n) is 11.2. The summed E-state index contributed by atoms with van der Waals surface area (Å²) in [7, 11) is -3.88. The summed E-state index contributed by atoms with van der Waals surface area (Å²) in [6, 6.07) is 5.42. The van der Waals surface area contributed by atoms with E-state index < -0.39 is 28.4 Å². The quantitative estimate of drug-likeness (QED) is 0.844. The van der Waals surface area contributed by atoms with Crippen LogP contribution in [-0.2, 0) is 19.0 Å². The first-order chi connectivity index (χ1) is 9.40. The van der Waals surface area contributed by atoms with Crippen molar-refractivity contribution in [2.75, 3.05) is 13.2 Å². The lowest BCUT2D eigenvalue weighted by atomic mass is 10.0. The van der Waals surface area contributed by atoms with E-state index in [1.54, 1.807) is 12.1 Å². The maximum absolute atomic E-state index is 13.4. The van der Waals surface area contributed by atoms with E-state index >= 15 is 0 Å². The van der Waals surface area contributed by atoms with Crippen LogP contribution < -0.4 is 5.73 Å². The number of hydrogen-bond acceptors (Lipinski definition) is 5. The molecule has 3 atom stereocenters. The molecule has 0 saturated carbocycles. The van der Waals surface area contributed by atoms with Gasteiger partial charge >= 0.3 is 0 Å². The molecule has 1 saturated heterocycles. The van der Waals surface area contributed by atoms with Gasteiger partial charge in [-0.1, -0.05) is 17.7 Å². The molecule has 1 aromatic rings. The molecule has 3 unspecified atom stereocenters. The Morgan fingerprint density at radius 2 is 2.05 bits per heavy atom. The van der Waals surface area contributed by atoms with Crippen LogP contribution in [0.2, 0.25) is 0 Å². The summed E-state index contributed by atoms with van der Waals surface area (Å²) in [4.78, 5) is 0.0595. The number of rotatable bonds is 4. The summed E-state index contributed by atoms with van der Waals surface area (Å²) in [5.41, 5.74) is 6.58. The van der Waals surface area contributed by atoms with Gasteiger partial charge in [0.05, 0.1) is 17.5 Å². The second-order valence-corrected chi connectivity index (χ2v) is 6.46. The molecule has 1 aromatic carbocycles. The number of benzene rings is 1. The molecule has 0 radical (unpaired) electrons. The number of halogens is 1. The van der Waals surface area contributed by atoms with Crippen molar-refractivity contribution in [3.05, 3.63) is 29.8 Å². The highest BCUT2D eigenvalue weighted by molar-refractivity contribution is 7.86. The highest BCUT2D eigenvalue weighted by atomic mass is 32.2. The SMILES string of the molecule is Cc1ccc(S(=O)(=O)OCC2OCCC(F)C2N)cc1. The molecule has 2 rings (SSSR count). The number of ether oxygens (including phenoxy) is 1. The summed E-state index contributed by atoms with van der Waals surface area (Å²) in [6.45, 7) is 1.79. The van der Waals surface area contributed by atoms with Gasteiger partial charge in [-0.25, -0.2) is 4.39 Å². The summed E-state index contributed by atoms with van der Waals surface area (Å²) in [6.07, 6.45) is -1.72. The standard InChI is InChI=1S/C13H18FNO4S/c1-9-2-4-10(5-3-9)20(16,17)19-8-12-13(15)11(14)6-7-18-12/h2-5,11-13H,6-8,15H2,1H3. The summed E-state index contributed by atoms with van der Waals surface area (Å²) < 4.78 is 47.5. The Morgan fingerprint density at radius 1 is 1.40 bits per heavy atom. The van der Waals surface area contributed by atoms with Crippen molar-refractivity contribution in [3.8, 4) is 0 Å². The Labute approximate surface area is 118 Å². The predicted octanol–water partition coefficient (Wildman–Crippen LogP) is 1.15. The largest absolute Gasteiger partial charge is 0.374 e. The molecule has 1 fully saturated rings. The molecule has 2 N–H and O–H groups in total. The lowest BCUT2D eigenvalue weighted by molar-refractivity contribution is -0.0530. The fraction of sp³-hybridized carbons (Fsp3) is 0.538. The fourth-order valence-electron chi connectivity index (χ4n) is 1.96. The maximum atomic E-state index is 13.4. The summed E-state index contributed by atoms with van der Waals surface area (Å²) in [5.74, 6) is 0. The number of alkyl halides is 1. The molecular weight excluding hydrogens is 285 g/mol. The van der Waals surface area contributed by atoms with Crippen LogP contribution in [-0.4, -0.2) is 39.9 Å². The molecular formula is C13H18FNO4S. The smallest absolute Gasteiger partial charge is 0.297 e. The fourth-order valence-corrected chi connectivity index (χ4v) is 2.88. The Bertz CT molecular complexity index is 546. The second-order valence-electron chi connectivity index (χ2n) is 4.84. The van der Waals surface area contributed by atoms with Gasteiger partial charge in [-0.2, -0.15) is 8.42 Å². The third kappa shape index (κ3) is 3.54. The first kappa shape index (κ1) is 15.4. The van der Waals surface area contributed by atoms with Gasteiger partial charge in [-0.3, -0.25) is 4.18 Å². The third-order valence-corrected chi connectivity index (χ3v) is 4.57. The Kier molecular flexibility index (Phi) is 4.74. The van der Waals surface area contributed by atoms with Gasteiger partial charge in [0.1, 0.15) is 12.3 Å². The van der Waals surface area contributed by atoms with Crippen LogP contribution >= 0.6 is 0 Å². The van der Waals surface area contributed by atoms with Crippen LogP contribution in [0.1, 0.15) is 12.0 Å².